The number of rotatable bonds is 4. The highest BCUT2D eigenvalue weighted by atomic mass is 35.5. The summed E-state index contributed by atoms with van der Waals surface area (Å²) in [5.41, 5.74) is 5.62. The van der Waals surface area contributed by atoms with Crippen LogP contribution in [0.1, 0.15) is 11.1 Å². The van der Waals surface area contributed by atoms with Gasteiger partial charge in [0, 0.05) is 18.1 Å². The molecule has 0 spiro atoms. The maximum absolute atomic E-state index is 14.0. The first-order chi connectivity index (χ1) is 12.0. The number of hydrazone groups is 1. The van der Waals surface area contributed by atoms with Crippen molar-refractivity contribution in [1.29, 1.82) is 0 Å². The van der Waals surface area contributed by atoms with E-state index in [1.807, 2.05) is 31.8 Å². The summed E-state index contributed by atoms with van der Waals surface area (Å²) in [6.45, 7) is 4.22. The third kappa shape index (κ3) is 4.26. The Balaban J connectivity index is 1.75. The van der Waals surface area contributed by atoms with Gasteiger partial charge in [0.2, 0.25) is 5.95 Å². The maximum atomic E-state index is 14.0. The fraction of sp³-hybridized carbons (Fsp3) is 0.312. The number of halogens is 2. The van der Waals surface area contributed by atoms with Gasteiger partial charge in [0.15, 0.2) is 11.6 Å². The van der Waals surface area contributed by atoms with Crippen LogP contribution >= 0.6 is 11.6 Å². The molecule has 0 atom stereocenters. The predicted molar refractivity (Wildman–Crippen MR) is 101 cm³/mol. The lowest BCUT2D eigenvalue weighted by Gasteiger charge is -2.27. The van der Waals surface area contributed by atoms with Crippen molar-refractivity contribution in [2.75, 3.05) is 36.6 Å². The van der Waals surface area contributed by atoms with Crippen molar-refractivity contribution < 1.29 is 9.13 Å². The summed E-state index contributed by atoms with van der Waals surface area (Å²) in [7, 11) is 1.97. The predicted octanol–water partition coefficient (Wildman–Crippen LogP) is 1.12. The molecule has 0 saturated carbocycles. The number of hydrogen-bond acceptors (Lipinski definition) is 6. The van der Waals surface area contributed by atoms with Gasteiger partial charge in [-0.25, -0.2) is 14.8 Å². The van der Waals surface area contributed by atoms with E-state index in [-0.39, 0.29) is 11.8 Å². The molecule has 1 aromatic carbocycles. The van der Waals surface area contributed by atoms with Crippen molar-refractivity contribution in [3.63, 3.8) is 0 Å². The van der Waals surface area contributed by atoms with E-state index in [0.717, 1.165) is 22.8 Å². The van der Waals surface area contributed by atoms with Gasteiger partial charge in [-0.05, 0) is 24.1 Å². The molecule has 0 bridgehead atoms. The first-order valence-corrected chi connectivity index (χ1v) is 8.33. The zero-order chi connectivity index (χ0) is 17.8. The Bertz CT molecular complexity index is 798. The molecule has 0 aliphatic carbocycles. The van der Waals surface area contributed by atoms with Crippen molar-refractivity contribution >= 4 is 42.9 Å². The van der Waals surface area contributed by atoms with Crippen LogP contribution < -0.4 is 15.8 Å². The molecule has 1 aliphatic rings. The summed E-state index contributed by atoms with van der Waals surface area (Å²) in [4.78, 5) is 9.98. The molecule has 2 aromatic rings. The number of anilines is 2. The van der Waals surface area contributed by atoms with Gasteiger partial charge in [0.1, 0.15) is 7.85 Å². The Hall–Kier alpha value is -2.19. The Morgan fingerprint density at radius 2 is 2.16 bits per heavy atom. The molecule has 1 saturated heterocycles. The third-order valence-electron chi connectivity index (χ3n) is 3.93. The minimum atomic E-state index is -0.460. The van der Waals surface area contributed by atoms with Gasteiger partial charge >= 0.3 is 0 Å². The van der Waals surface area contributed by atoms with Crippen molar-refractivity contribution in [2.24, 2.45) is 5.10 Å². The minimum Gasteiger partial charge on any atom is -0.378 e. The molecule has 1 aromatic heterocycles. The Labute approximate surface area is 151 Å². The SMILES string of the molecule is Bc1cc(Cl)c(C)c(/C=N\Nc2ncc(F)c(N3CCOCC3)n2)c1. The van der Waals surface area contributed by atoms with E-state index in [2.05, 4.69) is 20.5 Å². The molecule has 130 valence electrons. The number of benzene rings is 1. The molecule has 6 nitrogen and oxygen atoms in total. The fourth-order valence-corrected chi connectivity index (χ4v) is 2.83. The second kappa shape index (κ2) is 7.80. The molecule has 0 unspecified atom stereocenters. The van der Waals surface area contributed by atoms with Gasteiger partial charge in [0.25, 0.3) is 0 Å². The normalized spacial score (nSPS) is 14.9. The lowest BCUT2D eigenvalue weighted by Crippen LogP contribution is -2.37. The van der Waals surface area contributed by atoms with Crippen molar-refractivity contribution in [3.8, 4) is 0 Å². The summed E-state index contributed by atoms with van der Waals surface area (Å²) in [5, 5.41) is 4.84. The van der Waals surface area contributed by atoms with Gasteiger partial charge in [-0.2, -0.15) is 10.1 Å². The van der Waals surface area contributed by atoms with E-state index in [1.54, 1.807) is 6.21 Å². The lowest BCUT2D eigenvalue weighted by molar-refractivity contribution is 0.122. The van der Waals surface area contributed by atoms with Crippen LogP contribution in [0.15, 0.2) is 23.4 Å². The number of aromatic nitrogens is 2. The van der Waals surface area contributed by atoms with Crippen LogP contribution in [0.4, 0.5) is 16.2 Å². The number of hydrogen-bond donors (Lipinski definition) is 1. The van der Waals surface area contributed by atoms with Gasteiger partial charge < -0.3 is 9.64 Å². The zero-order valence-electron chi connectivity index (χ0n) is 14.1. The maximum Gasteiger partial charge on any atom is 0.245 e. The quantitative estimate of drug-likeness (QED) is 0.502. The van der Waals surface area contributed by atoms with Gasteiger partial charge in [-0.1, -0.05) is 23.1 Å². The fourth-order valence-electron chi connectivity index (χ4n) is 2.54. The first-order valence-electron chi connectivity index (χ1n) is 7.95. The molecule has 0 amide bonds. The van der Waals surface area contributed by atoms with E-state index in [0.29, 0.717) is 31.3 Å². The highest BCUT2D eigenvalue weighted by Crippen LogP contribution is 2.19. The van der Waals surface area contributed by atoms with Gasteiger partial charge in [0.05, 0.1) is 25.6 Å². The second-order valence-corrected chi connectivity index (χ2v) is 6.20. The number of morpholine rings is 1. The van der Waals surface area contributed by atoms with Crippen LogP contribution in [0.5, 0.6) is 0 Å². The van der Waals surface area contributed by atoms with Crippen molar-refractivity contribution in [2.45, 2.75) is 6.92 Å². The number of nitrogens with zero attached hydrogens (tertiary/aromatic N) is 4. The van der Waals surface area contributed by atoms with Crippen LogP contribution in [0.25, 0.3) is 0 Å². The molecular weight excluding hydrogens is 343 g/mol. The van der Waals surface area contributed by atoms with Crippen LogP contribution in [-0.2, 0) is 4.74 Å². The van der Waals surface area contributed by atoms with Crippen LogP contribution in [-0.4, -0.2) is 50.3 Å². The Morgan fingerprint density at radius 1 is 1.40 bits per heavy atom. The standard InChI is InChI=1S/C16H18BClFN5O/c1-10-11(6-12(17)7-13(10)18)8-21-23-16-20-9-14(19)15(22-16)24-2-4-25-5-3-24/h6-9H,2-5,17H2,1H3,(H,20,22,23)/b21-8-. The molecule has 25 heavy (non-hydrogen) atoms. The van der Waals surface area contributed by atoms with E-state index >= 15 is 0 Å². The zero-order valence-corrected chi connectivity index (χ0v) is 14.8. The Morgan fingerprint density at radius 3 is 2.92 bits per heavy atom. The van der Waals surface area contributed by atoms with Crippen LogP contribution in [0.3, 0.4) is 0 Å². The lowest BCUT2D eigenvalue weighted by atomic mass is 9.92. The molecule has 1 N–H and O–H groups in total. The molecular formula is C16H18BClFN5O. The monoisotopic (exact) mass is 361 g/mol. The smallest absolute Gasteiger partial charge is 0.245 e. The third-order valence-corrected chi connectivity index (χ3v) is 4.33. The highest BCUT2D eigenvalue weighted by molar-refractivity contribution is 6.37. The largest absolute Gasteiger partial charge is 0.378 e. The van der Waals surface area contributed by atoms with E-state index in [9.17, 15) is 4.39 Å². The topological polar surface area (TPSA) is 62.6 Å². The summed E-state index contributed by atoms with van der Waals surface area (Å²) in [6, 6.07) is 3.89. The highest BCUT2D eigenvalue weighted by Gasteiger charge is 2.17. The van der Waals surface area contributed by atoms with Crippen molar-refractivity contribution in [1.82, 2.24) is 9.97 Å². The number of ether oxygens (including phenoxy) is 1. The van der Waals surface area contributed by atoms with E-state index in [1.165, 1.54) is 0 Å². The van der Waals surface area contributed by atoms with E-state index < -0.39 is 5.82 Å². The first kappa shape index (κ1) is 17.6. The molecule has 2 heterocycles. The average molecular weight is 362 g/mol. The number of nitrogens with one attached hydrogen (secondary N) is 1. The molecule has 1 aliphatic heterocycles. The summed E-state index contributed by atoms with van der Waals surface area (Å²) >= 11 is 6.18. The van der Waals surface area contributed by atoms with Gasteiger partial charge in [-0.3, -0.25) is 0 Å². The van der Waals surface area contributed by atoms with Gasteiger partial charge in [-0.15, -0.1) is 0 Å². The van der Waals surface area contributed by atoms with Crippen molar-refractivity contribution in [3.05, 3.63) is 40.3 Å². The molecule has 0 radical (unpaired) electrons. The Kier molecular flexibility index (Phi) is 5.50. The summed E-state index contributed by atoms with van der Waals surface area (Å²) < 4.78 is 19.3. The van der Waals surface area contributed by atoms with Crippen LogP contribution in [0, 0.1) is 12.7 Å². The average Bonchev–Trinajstić information content (AvgIpc) is 2.61. The summed E-state index contributed by atoms with van der Waals surface area (Å²) in [5.74, 6) is 0.0269. The molecule has 1 fully saturated rings. The van der Waals surface area contributed by atoms with Crippen LogP contribution in [0.2, 0.25) is 5.02 Å². The molecule has 9 heteroatoms. The minimum absolute atomic E-state index is 0.232. The van der Waals surface area contributed by atoms with E-state index in [4.69, 9.17) is 16.3 Å². The summed E-state index contributed by atoms with van der Waals surface area (Å²) in [6.07, 6.45) is 2.79. The molecule has 3 rings (SSSR count). The second-order valence-electron chi connectivity index (χ2n) is 5.80.